The van der Waals surface area contributed by atoms with Gasteiger partial charge >= 0.3 is 0 Å². The Kier molecular flexibility index (Phi) is 5.47. The van der Waals surface area contributed by atoms with Crippen LogP contribution in [0.25, 0.3) is 33.3 Å². The van der Waals surface area contributed by atoms with E-state index < -0.39 is 0 Å². The molecule has 0 aliphatic rings. The van der Waals surface area contributed by atoms with Gasteiger partial charge in [-0.15, -0.1) is 0 Å². The average Bonchev–Trinajstić information content (AvgIpc) is 2.74. The monoisotopic (exact) mass is 403 g/mol. The van der Waals surface area contributed by atoms with E-state index in [-0.39, 0.29) is 12.6 Å². The molecule has 0 bridgehead atoms. The van der Waals surface area contributed by atoms with Crippen LogP contribution in [0.3, 0.4) is 0 Å². The van der Waals surface area contributed by atoms with Crippen molar-refractivity contribution in [2.75, 3.05) is 11.9 Å². The maximum atomic E-state index is 9.24. The smallest absolute Gasteiger partial charge is 0.127 e. The summed E-state index contributed by atoms with van der Waals surface area (Å²) in [4.78, 5) is 9.32. The van der Waals surface area contributed by atoms with Crippen molar-refractivity contribution in [3.05, 3.63) is 77.4 Å². The van der Waals surface area contributed by atoms with E-state index in [1.807, 2.05) is 61.7 Å². The Morgan fingerprint density at radius 1 is 0.966 bits per heavy atom. The van der Waals surface area contributed by atoms with Gasteiger partial charge in [0.05, 0.1) is 17.8 Å². The van der Waals surface area contributed by atoms with Gasteiger partial charge in [-0.3, -0.25) is 4.98 Å². The highest BCUT2D eigenvalue weighted by atomic mass is 35.5. The van der Waals surface area contributed by atoms with Crippen LogP contribution in [0.2, 0.25) is 5.02 Å². The summed E-state index contributed by atoms with van der Waals surface area (Å²) in [6, 6.07) is 20.0. The lowest BCUT2D eigenvalue weighted by Crippen LogP contribution is -2.20. The lowest BCUT2D eigenvalue weighted by atomic mass is 10.0. The molecule has 0 fully saturated rings. The Balaban J connectivity index is 1.64. The van der Waals surface area contributed by atoms with Crippen molar-refractivity contribution in [3.63, 3.8) is 0 Å². The number of pyridine rings is 2. The third-order valence-electron chi connectivity index (χ3n) is 4.92. The molecule has 1 atom stereocenters. The normalized spacial score (nSPS) is 12.1. The minimum absolute atomic E-state index is 0.0398. The predicted molar refractivity (Wildman–Crippen MR) is 120 cm³/mol. The molecule has 0 saturated heterocycles. The predicted octanol–water partition coefficient (Wildman–Crippen LogP) is 5.72. The number of rotatable bonds is 5. The summed E-state index contributed by atoms with van der Waals surface area (Å²) in [6.07, 6.45) is 1.89. The van der Waals surface area contributed by atoms with Gasteiger partial charge in [-0.1, -0.05) is 35.9 Å². The Labute approximate surface area is 175 Å². The van der Waals surface area contributed by atoms with Crippen LogP contribution in [0, 0.1) is 6.92 Å². The third kappa shape index (κ3) is 4.24. The Morgan fingerprint density at radius 3 is 2.38 bits per heavy atom. The fraction of sp³-hybridized carbons (Fsp3) is 0.167. The molecule has 4 nitrogen and oxygen atoms in total. The molecule has 0 saturated carbocycles. The molecule has 2 aromatic carbocycles. The first-order valence-corrected chi connectivity index (χ1v) is 9.92. The number of anilines is 1. The van der Waals surface area contributed by atoms with E-state index in [9.17, 15) is 5.11 Å². The van der Waals surface area contributed by atoms with Gasteiger partial charge in [-0.25, -0.2) is 4.98 Å². The molecule has 0 unspecified atom stereocenters. The van der Waals surface area contributed by atoms with E-state index in [1.165, 1.54) is 0 Å². The molecule has 2 heterocycles. The van der Waals surface area contributed by atoms with Crippen LogP contribution >= 0.6 is 11.6 Å². The van der Waals surface area contributed by atoms with E-state index in [0.29, 0.717) is 0 Å². The van der Waals surface area contributed by atoms with Gasteiger partial charge in [0.15, 0.2) is 0 Å². The first kappa shape index (κ1) is 19.4. The van der Waals surface area contributed by atoms with Gasteiger partial charge in [0, 0.05) is 33.8 Å². The van der Waals surface area contributed by atoms with Crippen LogP contribution in [-0.2, 0) is 0 Å². The quantitative estimate of drug-likeness (QED) is 0.447. The number of hydrogen-bond donors (Lipinski definition) is 2. The van der Waals surface area contributed by atoms with E-state index in [4.69, 9.17) is 11.6 Å². The molecule has 0 aliphatic heterocycles. The number of benzene rings is 2. The molecule has 146 valence electrons. The van der Waals surface area contributed by atoms with Crippen molar-refractivity contribution >= 4 is 28.3 Å². The largest absolute Gasteiger partial charge is 0.394 e. The van der Waals surface area contributed by atoms with E-state index in [1.54, 1.807) is 0 Å². The van der Waals surface area contributed by atoms with Crippen molar-refractivity contribution in [3.8, 4) is 22.4 Å². The van der Waals surface area contributed by atoms with Gasteiger partial charge in [-0.05, 0) is 61.4 Å². The van der Waals surface area contributed by atoms with Crippen molar-refractivity contribution in [1.29, 1.82) is 0 Å². The van der Waals surface area contributed by atoms with Crippen molar-refractivity contribution < 1.29 is 5.11 Å². The second kappa shape index (κ2) is 8.19. The Morgan fingerprint density at radius 2 is 1.69 bits per heavy atom. The van der Waals surface area contributed by atoms with Gasteiger partial charge in [0.1, 0.15) is 5.82 Å². The first-order chi connectivity index (χ1) is 14.0. The number of halogens is 1. The van der Waals surface area contributed by atoms with Crippen LogP contribution in [0.15, 0.2) is 66.9 Å². The number of aromatic nitrogens is 2. The Hall–Kier alpha value is -2.95. The SMILES string of the molecule is Cc1cc(N[C@H](C)CO)nc2ccc(-c3ccc(-c4ccc(Cl)cc4)cn3)cc12. The van der Waals surface area contributed by atoms with Crippen LogP contribution < -0.4 is 5.32 Å². The second-order valence-electron chi connectivity index (χ2n) is 7.22. The third-order valence-corrected chi connectivity index (χ3v) is 5.17. The van der Waals surface area contributed by atoms with Crippen molar-refractivity contribution in [2.24, 2.45) is 0 Å². The molecule has 2 N–H and O–H groups in total. The zero-order valence-corrected chi connectivity index (χ0v) is 17.1. The minimum atomic E-state index is -0.0398. The zero-order chi connectivity index (χ0) is 20.4. The number of nitrogens with one attached hydrogen (secondary N) is 1. The summed E-state index contributed by atoms with van der Waals surface area (Å²) >= 11 is 5.97. The van der Waals surface area contributed by atoms with Crippen LogP contribution in [-0.4, -0.2) is 27.7 Å². The van der Waals surface area contributed by atoms with Gasteiger partial charge < -0.3 is 10.4 Å². The van der Waals surface area contributed by atoms with Crippen LogP contribution in [0.1, 0.15) is 12.5 Å². The summed E-state index contributed by atoms with van der Waals surface area (Å²) < 4.78 is 0. The van der Waals surface area contributed by atoms with Crippen LogP contribution in [0.4, 0.5) is 5.82 Å². The maximum absolute atomic E-state index is 9.24. The molecule has 0 spiro atoms. The number of aliphatic hydroxyl groups is 1. The number of nitrogens with zero attached hydrogens (tertiary/aromatic N) is 2. The lowest BCUT2D eigenvalue weighted by molar-refractivity contribution is 0.281. The van der Waals surface area contributed by atoms with Gasteiger partial charge in [0.25, 0.3) is 0 Å². The summed E-state index contributed by atoms with van der Waals surface area (Å²) in [5.41, 5.74) is 6.15. The number of aryl methyl sites for hydroxylation is 1. The summed E-state index contributed by atoms with van der Waals surface area (Å²) in [6.45, 7) is 4.05. The van der Waals surface area contributed by atoms with Crippen molar-refractivity contribution in [1.82, 2.24) is 9.97 Å². The second-order valence-corrected chi connectivity index (χ2v) is 7.66. The number of aliphatic hydroxyl groups excluding tert-OH is 1. The maximum Gasteiger partial charge on any atom is 0.127 e. The highest BCUT2D eigenvalue weighted by Crippen LogP contribution is 2.28. The highest BCUT2D eigenvalue weighted by Gasteiger charge is 2.08. The molecule has 29 heavy (non-hydrogen) atoms. The highest BCUT2D eigenvalue weighted by molar-refractivity contribution is 6.30. The minimum Gasteiger partial charge on any atom is -0.394 e. The first-order valence-electron chi connectivity index (χ1n) is 9.54. The number of fused-ring (bicyclic) bond motifs is 1. The van der Waals surface area contributed by atoms with Crippen LogP contribution in [0.5, 0.6) is 0 Å². The molecule has 4 rings (SSSR count). The molecule has 5 heteroatoms. The zero-order valence-electron chi connectivity index (χ0n) is 16.4. The number of hydrogen-bond acceptors (Lipinski definition) is 4. The fourth-order valence-electron chi connectivity index (χ4n) is 3.30. The fourth-order valence-corrected chi connectivity index (χ4v) is 3.43. The molecule has 2 aromatic heterocycles. The van der Waals surface area contributed by atoms with Crippen molar-refractivity contribution in [2.45, 2.75) is 19.9 Å². The lowest BCUT2D eigenvalue weighted by Gasteiger charge is -2.14. The molecule has 4 aromatic rings. The van der Waals surface area contributed by atoms with Gasteiger partial charge in [-0.2, -0.15) is 0 Å². The van der Waals surface area contributed by atoms with E-state index in [2.05, 4.69) is 34.3 Å². The average molecular weight is 404 g/mol. The molecular weight excluding hydrogens is 382 g/mol. The van der Waals surface area contributed by atoms with E-state index >= 15 is 0 Å². The van der Waals surface area contributed by atoms with E-state index in [0.717, 1.165) is 49.7 Å². The van der Waals surface area contributed by atoms with Gasteiger partial charge in [0.2, 0.25) is 0 Å². The molecule has 0 amide bonds. The standard InChI is InChI=1S/C24H22ClN3O/c1-15-11-24(27-16(2)14-29)28-23-10-5-18(12-21(15)23)22-9-6-19(13-26-22)17-3-7-20(25)8-4-17/h3-13,16,29H,14H2,1-2H3,(H,27,28)/t16-/m1/s1. The summed E-state index contributed by atoms with van der Waals surface area (Å²) in [5.74, 6) is 0.773. The summed E-state index contributed by atoms with van der Waals surface area (Å²) in [7, 11) is 0. The molecule has 0 radical (unpaired) electrons. The molecule has 0 aliphatic carbocycles. The summed E-state index contributed by atoms with van der Waals surface area (Å²) in [5, 5.41) is 14.3. The topological polar surface area (TPSA) is 58.0 Å². The Bertz CT molecular complexity index is 1140. The molecular formula is C24H22ClN3O.